The van der Waals surface area contributed by atoms with Crippen LogP contribution in [0, 0.1) is 20.2 Å². The summed E-state index contributed by atoms with van der Waals surface area (Å²) in [5, 5.41) is 44.1. The molecule has 170 valence electrons. The van der Waals surface area contributed by atoms with Gasteiger partial charge in [-0.05, 0) is 24.3 Å². The molecule has 4 aromatic rings. The van der Waals surface area contributed by atoms with Gasteiger partial charge in [0.05, 0.1) is 21.4 Å². The van der Waals surface area contributed by atoms with Gasteiger partial charge in [-0.15, -0.1) is 10.2 Å². The number of aromatic nitrogens is 1. The van der Waals surface area contributed by atoms with Crippen LogP contribution in [0.3, 0.4) is 0 Å². The number of amides is 1. The lowest BCUT2D eigenvalue weighted by atomic mass is 10.2. The molecule has 3 aromatic carbocycles. The van der Waals surface area contributed by atoms with Crippen LogP contribution in [0.5, 0.6) is 5.88 Å². The summed E-state index contributed by atoms with van der Waals surface area (Å²) in [5.41, 5.74) is -0.216. The number of rotatable bonds is 7. The molecule has 2 N–H and O–H groups in total. The van der Waals surface area contributed by atoms with E-state index in [1.807, 2.05) is 6.07 Å². The monoisotopic (exact) mass is 460 g/mol. The Morgan fingerprint density at radius 3 is 2.35 bits per heavy atom. The summed E-state index contributed by atoms with van der Waals surface area (Å²) in [6, 6.07) is 18.5. The van der Waals surface area contributed by atoms with E-state index >= 15 is 0 Å². The number of aromatic hydroxyl groups is 1. The number of azo groups is 1. The highest BCUT2D eigenvalue weighted by molar-refractivity contribution is 5.97. The highest BCUT2D eigenvalue weighted by Gasteiger charge is 2.21. The summed E-state index contributed by atoms with van der Waals surface area (Å²) in [6.07, 6.45) is 0. The van der Waals surface area contributed by atoms with Crippen molar-refractivity contribution >= 4 is 45.2 Å². The first-order chi connectivity index (χ1) is 16.3. The number of hydrogen-bond acceptors (Lipinski definition) is 8. The first-order valence-electron chi connectivity index (χ1n) is 9.85. The Balaban J connectivity index is 1.70. The van der Waals surface area contributed by atoms with Crippen molar-refractivity contribution in [3.8, 4) is 5.88 Å². The van der Waals surface area contributed by atoms with Crippen molar-refractivity contribution in [1.29, 1.82) is 0 Å². The standard InChI is InChI=1S/C22H16N6O6/c29-20(23-14-6-2-1-3-7-14)13-26-18-9-5-4-8-16(18)21(22(26)30)25-24-17-11-10-15(27(31)32)12-19(17)28(33)34/h1-12,30H,13H2,(H,23,29). The molecule has 0 saturated carbocycles. The first-order valence-corrected chi connectivity index (χ1v) is 9.85. The van der Waals surface area contributed by atoms with E-state index in [1.54, 1.807) is 48.5 Å². The molecule has 0 saturated heterocycles. The lowest BCUT2D eigenvalue weighted by Crippen LogP contribution is -2.18. The largest absolute Gasteiger partial charge is 0.493 e. The number of benzene rings is 3. The predicted molar refractivity (Wildman–Crippen MR) is 123 cm³/mol. The number of nitro benzene ring substituents is 2. The highest BCUT2D eigenvalue weighted by atomic mass is 16.6. The number of nitro groups is 2. The van der Waals surface area contributed by atoms with E-state index in [0.29, 0.717) is 16.6 Å². The number of non-ortho nitro benzene ring substituents is 1. The Morgan fingerprint density at radius 2 is 1.65 bits per heavy atom. The van der Waals surface area contributed by atoms with Crippen LogP contribution in [0.4, 0.5) is 28.4 Å². The fraction of sp³-hybridized carbons (Fsp3) is 0.0455. The van der Waals surface area contributed by atoms with Gasteiger partial charge in [-0.2, -0.15) is 0 Å². The molecule has 1 amide bonds. The Hall–Kier alpha value is -5.13. The van der Waals surface area contributed by atoms with Crippen LogP contribution in [0.25, 0.3) is 10.9 Å². The summed E-state index contributed by atoms with van der Waals surface area (Å²) in [4.78, 5) is 33.3. The Morgan fingerprint density at radius 1 is 0.941 bits per heavy atom. The maximum Gasteiger partial charge on any atom is 0.303 e. The molecule has 12 nitrogen and oxygen atoms in total. The summed E-state index contributed by atoms with van der Waals surface area (Å²) in [5.74, 6) is -0.755. The van der Waals surface area contributed by atoms with Gasteiger partial charge in [0.2, 0.25) is 11.8 Å². The molecule has 0 aliphatic heterocycles. The van der Waals surface area contributed by atoms with Crippen LogP contribution in [0.1, 0.15) is 0 Å². The number of carbonyl (C=O) groups excluding carboxylic acids is 1. The van der Waals surface area contributed by atoms with E-state index in [4.69, 9.17) is 0 Å². The van der Waals surface area contributed by atoms with Gasteiger partial charge in [-0.25, -0.2) is 0 Å². The van der Waals surface area contributed by atoms with E-state index in [2.05, 4.69) is 15.5 Å². The quantitative estimate of drug-likeness (QED) is 0.218. The maximum atomic E-state index is 12.5. The number of anilines is 1. The zero-order chi connectivity index (χ0) is 24.2. The topological polar surface area (TPSA) is 165 Å². The molecule has 0 bridgehead atoms. The van der Waals surface area contributed by atoms with E-state index in [0.717, 1.165) is 18.2 Å². The van der Waals surface area contributed by atoms with Gasteiger partial charge >= 0.3 is 5.69 Å². The van der Waals surface area contributed by atoms with Gasteiger partial charge in [0.25, 0.3) is 5.69 Å². The minimum Gasteiger partial charge on any atom is -0.493 e. The van der Waals surface area contributed by atoms with E-state index in [1.165, 1.54) is 4.57 Å². The van der Waals surface area contributed by atoms with Gasteiger partial charge < -0.3 is 15.0 Å². The summed E-state index contributed by atoms with van der Waals surface area (Å²) in [7, 11) is 0. The SMILES string of the molecule is O=C(Cn1c(O)c(N=Nc2ccc([N+](=O)[O-])cc2[N+](=O)[O-])c2ccccc21)Nc1ccccc1. The van der Waals surface area contributed by atoms with Gasteiger partial charge in [0.1, 0.15) is 6.54 Å². The van der Waals surface area contributed by atoms with Gasteiger partial charge in [0.15, 0.2) is 11.4 Å². The molecule has 0 aliphatic rings. The zero-order valence-corrected chi connectivity index (χ0v) is 17.4. The van der Waals surface area contributed by atoms with Crippen LogP contribution in [0.15, 0.2) is 83.0 Å². The third-order valence-corrected chi connectivity index (χ3v) is 4.90. The third-order valence-electron chi connectivity index (χ3n) is 4.90. The van der Waals surface area contributed by atoms with Crippen LogP contribution >= 0.6 is 0 Å². The molecular formula is C22H16N6O6. The molecule has 0 spiro atoms. The number of fused-ring (bicyclic) bond motifs is 1. The lowest BCUT2D eigenvalue weighted by Gasteiger charge is -2.08. The van der Waals surface area contributed by atoms with Gasteiger partial charge in [-0.3, -0.25) is 25.0 Å². The van der Waals surface area contributed by atoms with Crippen LogP contribution in [0.2, 0.25) is 0 Å². The Bertz CT molecular complexity index is 1450. The van der Waals surface area contributed by atoms with Crippen LogP contribution in [-0.4, -0.2) is 25.4 Å². The fourth-order valence-corrected chi connectivity index (χ4v) is 3.36. The van der Waals surface area contributed by atoms with E-state index in [-0.39, 0.29) is 23.8 Å². The van der Waals surface area contributed by atoms with Crippen molar-refractivity contribution in [2.45, 2.75) is 6.54 Å². The van der Waals surface area contributed by atoms with Crippen molar-refractivity contribution in [1.82, 2.24) is 4.57 Å². The average Bonchev–Trinajstić information content (AvgIpc) is 3.08. The van der Waals surface area contributed by atoms with Crippen molar-refractivity contribution < 1.29 is 19.7 Å². The Labute approximate surface area is 191 Å². The number of nitrogens with zero attached hydrogens (tertiary/aromatic N) is 5. The third kappa shape index (κ3) is 4.41. The summed E-state index contributed by atoms with van der Waals surface area (Å²) >= 11 is 0. The molecule has 0 fully saturated rings. The molecule has 0 atom stereocenters. The molecule has 0 unspecified atom stereocenters. The molecule has 0 aliphatic carbocycles. The summed E-state index contributed by atoms with van der Waals surface area (Å²) < 4.78 is 1.34. The average molecular weight is 460 g/mol. The molecule has 1 heterocycles. The molecule has 1 aromatic heterocycles. The number of carbonyl (C=O) groups is 1. The number of nitrogens with one attached hydrogen (secondary N) is 1. The smallest absolute Gasteiger partial charge is 0.303 e. The number of hydrogen-bond donors (Lipinski definition) is 2. The van der Waals surface area contributed by atoms with Crippen LogP contribution < -0.4 is 5.32 Å². The van der Waals surface area contributed by atoms with E-state index < -0.39 is 27.1 Å². The minimum atomic E-state index is -0.807. The molecule has 34 heavy (non-hydrogen) atoms. The first kappa shape index (κ1) is 22.1. The van der Waals surface area contributed by atoms with Gasteiger partial charge in [0, 0.05) is 17.1 Å². The lowest BCUT2D eigenvalue weighted by molar-refractivity contribution is -0.393. The molecular weight excluding hydrogens is 444 g/mol. The second-order valence-corrected chi connectivity index (χ2v) is 7.08. The van der Waals surface area contributed by atoms with Crippen LogP contribution in [-0.2, 0) is 11.3 Å². The van der Waals surface area contributed by atoms with Crippen molar-refractivity contribution in [2.24, 2.45) is 10.2 Å². The molecule has 12 heteroatoms. The van der Waals surface area contributed by atoms with Gasteiger partial charge in [-0.1, -0.05) is 36.4 Å². The van der Waals surface area contributed by atoms with Crippen molar-refractivity contribution in [3.05, 3.63) is 93.0 Å². The van der Waals surface area contributed by atoms with Crippen molar-refractivity contribution in [2.75, 3.05) is 5.32 Å². The summed E-state index contributed by atoms with van der Waals surface area (Å²) in [6.45, 7) is -0.228. The fourth-order valence-electron chi connectivity index (χ4n) is 3.36. The normalized spacial score (nSPS) is 11.1. The van der Waals surface area contributed by atoms with E-state index in [9.17, 15) is 30.1 Å². The predicted octanol–water partition coefficient (Wildman–Crippen LogP) is 5.22. The Kier molecular flexibility index (Phi) is 5.95. The maximum absolute atomic E-state index is 12.5. The number of para-hydroxylation sites is 2. The second-order valence-electron chi connectivity index (χ2n) is 7.08. The zero-order valence-electron chi connectivity index (χ0n) is 17.4. The second kappa shape index (κ2) is 9.16. The molecule has 4 rings (SSSR count). The molecule has 0 radical (unpaired) electrons. The van der Waals surface area contributed by atoms with Crippen molar-refractivity contribution in [3.63, 3.8) is 0 Å². The minimum absolute atomic E-state index is 0.00392. The highest BCUT2D eigenvalue weighted by Crippen LogP contribution is 2.40.